The summed E-state index contributed by atoms with van der Waals surface area (Å²) in [5, 5.41) is 2.79. The smallest absolute Gasteiger partial charge is 0.251 e. The summed E-state index contributed by atoms with van der Waals surface area (Å²) in [5.74, 6) is 5.56. The Labute approximate surface area is 118 Å². The van der Waals surface area contributed by atoms with Gasteiger partial charge in [-0.3, -0.25) is 10.6 Å². The first kappa shape index (κ1) is 14.8. The summed E-state index contributed by atoms with van der Waals surface area (Å²) in [4.78, 5) is 12.0. The Kier molecular flexibility index (Phi) is 4.29. The maximum absolute atomic E-state index is 12.0. The van der Waals surface area contributed by atoms with Crippen LogP contribution in [0.3, 0.4) is 0 Å². The van der Waals surface area contributed by atoms with E-state index in [9.17, 15) is 13.2 Å². The molecule has 1 saturated heterocycles. The van der Waals surface area contributed by atoms with Gasteiger partial charge in [0, 0.05) is 12.1 Å². The molecule has 1 aromatic rings. The average Bonchev–Trinajstić information content (AvgIpc) is 2.75. The van der Waals surface area contributed by atoms with Crippen molar-refractivity contribution >= 4 is 21.4 Å². The zero-order chi connectivity index (χ0) is 14.8. The summed E-state index contributed by atoms with van der Waals surface area (Å²) in [5.41, 5.74) is 4.74. The van der Waals surface area contributed by atoms with E-state index in [1.54, 1.807) is 18.2 Å². The molecule has 4 N–H and O–H groups in total. The highest BCUT2D eigenvalue weighted by Crippen LogP contribution is 2.18. The summed E-state index contributed by atoms with van der Waals surface area (Å²) in [6.07, 6.45) is 0.623. The van der Waals surface area contributed by atoms with E-state index in [1.807, 2.05) is 6.92 Å². The van der Waals surface area contributed by atoms with Crippen molar-refractivity contribution in [3.63, 3.8) is 0 Å². The molecule has 110 valence electrons. The molecule has 1 atom stereocenters. The van der Waals surface area contributed by atoms with E-state index in [2.05, 4.69) is 10.7 Å². The van der Waals surface area contributed by atoms with Gasteiger partial charge < -0.3 is 10.7 Å². The number of benzene rings is 1. The second-order valence-electron chi connectivity index (χ2n) is 5.15. The minimum Gasteiger partial charge on any atom is -0.352 e. The van der Waals surface area contributed by atoms with Crippen molar-refractivity contribution in [2.24, 2.45) is 11.8 Å². The predicted octanol–water partition coefficient (Wildman–Crippen LogP) is 0.445. The summed E-state index contributed by atoms with van der Waals surface area (Å²) in [7, 11) is -2.90. The second-order valence-corrected chi connectivity index (χ2v) is 7.38. The van der Waals surface area contributed by atoms with Gasteiger partial charge in [-0.2, -0.15) is 0 Å². The van der Waals surface area contributed by atoms with Crippen molar-refractivity contribution in [1.29, 1.82) is 0 Å². The van der Waals surface area contributed by atoms with Crippen LogP contribution in [0.2, 0.25) is 0 Å². The van der Waals surface area contributed by atoms with Crippen LogP contribution in [0.15, 0.2) is 18.2 Å². The fourth-order valence-electron chi connectivity index (χ4n) is 2.34. The number of nitrogens with two attached hydrogens (primary N) is 1. The fraction of sp³-hybridized carbons (Fsp3) is 0.462. The Morgan fingerprint density at radius 2 is 2.20 bits per heavy atom. The Balaban J connectivity index is 1.94. The van der Waals surface area contributed by atoms with Gasteiger partial charge in [0.1, 0.15) is 0 Å². The van der Waals surface area contributed by atoms with E-state index in [1.165, 1.54) is 0 Å². The van der Waals surface area contributed by atoms with Crippen LogP contribution in [0, 0.1) is 12.8 Å². The van der Waals surface area contributed by atoms with E-state index in [0.717, 1.165) is 11.3 Å². The van der Waals surface area contributed by atoms with Crippen molar-refractivity contribution in [2.45, 2.75) is 13.3 Å². The molecule has 0 saturated carbocycles. The topological polar surface area (TPSA) is 101 Å². The van der Waals surface area contributed by atoms with Gasteiger partial charge in [-0.25, -0.2) is 8.42 Å². The third-order valence-corrected chi connectivity index (χ3v) is 5.36. The van der Waals surface area contributed by atoms with Gasteiger partial charge in [0.25, 0.3) is 5.91 Å². The number of carbonyl (C=O) groups is 1. The molecule has 0 bridgehead atoms. The number of hydrogen-bond donors (Lipinski definition) is 3. The molecule has 7 heteroatoms. The van der Waals surface area contributed by atoms with Crippen LogP contribution in [0.25, 0.3) is 0 Å². The molecule has 1 fully saturated rings. The number of nitrogen functional groups attached to an aromatic ring is 1. The third kappa shape index (κ3) is 3.49. The van der Waals surface area contributed by atoms with E-state index in [4.69, 9.17) is 5.84 Å². The van der Waals surface area contributed by atoms with Crippen molar-refractivity contribution in [2.75, 3.05) is 23.5 Å². The van der Waals surface area contributed by atoms with E-state index >= 15 is 0 Å². The van der Waals surface area contributed by atoms with Gasteiger partial charge in [-0.05, 0) is 43.0 Å². The molecule has 1 aliphatic heterocycles. The SMILES string of the molecule is Cc1cc(C(=O)NCC2CCS(=O)(=O)C2)ccc1NN. The van der Waals surface area contributed by atoms with Crippen LogP contribution >= 0.6 is 0 Å². The zero-order valence-electron chi connectivity index (χ0n) is 11.3. The van der Waals surface area contributed by atoms with Crippen LogP contribution in [-0.2, 0) is 9.84 Å². The molecule has 0 aromatic heterocycles. The van der Waals surface area contributed by atoms with Crippen LogP contribution in [-0.4, -0.2) is 32.4 Å². The molecule has 1 heterocycles. The number of anilines is 1. The Morgan fingerprint density at radius 3 is 2.75 bits per heavy atom. The first-order chi connectivity index (χ1) is 9.41. The van der Waals surface area contributed by atoms with Crippen LogP contribution < -0.4 is 16.6 Å². The van der Waals surface area contributed by atoms with Crippen molar-refractivity contribution in [1.82, 2.24) is 5.32 Å². The Bertz CT molecular complexity index is 613. The first-order valence-electron chi connectivity index (χ1n) is 6.47. The number of nitrogens with one attached hydrogen (secondary N) is 2. The Hall–Kier alpha value is -1.60. The zero-order valence-corrected chi connectivity index (χ0v) is 12.2. The monoisotopic (exact) mass is 297 g/mol. The molecule has 0 spiro atoms. The van der Waals surface area contributed by atoms with Crippen molar-refractivity contribution in [3.05, 3.63) is 29.3 Å². The lowest BCUT2D eigenvalue weighted by Gasteiger charge is -2.11. The molecule has 2 rings (SSSR count). The molecule has 1 unspecified atom stereocenters. The van der Waals surface area contributed by atoms with Gasteiger partial charge in [0.05, 0.1) is 17.2 Å². The normalized spacial score (nSPS) is 20.6. The Morgan fingerprint density at radius 1 is 1.45 bits per heavy atom. The van der Waals surface area contributed by atoms with Gasteiger partial charge in [0.2, 0.25) is 0 Å². The molecule has 6 nitrogen and oxygen atoms in total. The maximum atomic E-state index is 12.0. The van der Waals surface area contributed by atoms with Gasteiger partial charge in [0.15, 0.2) is 9.84 Å². The van der Waals surface area contributed by atoms with Gasteiger partial charge in [-0.15, -0.1) is 0 Å². The number of rotatable bonds is 4. The number of sulfone groups is 1. The number of hydrogen-bond acceptors (Lipinski definition) is 5. The number of hydrazine groups is 1. The summed E-state index contributed by atoms with van der Waals surface area (Å²) in [6, 6.07) is 5.17. The number of aryl methyl sites for hydroxylation is 1. The summed E-state index contributed by atoms with van der Waals surface area (Å²) < 4.78 is 22.7. The summed E-state index contributed by atoms with van der Waals surface area (Å²) >= 11 is 0. The first-order valence-corrected chi connectivity index (χ1v) is 8.29. The fourth-order valence-corrected chi connectivity index (χ4v) is 4.20. The molecule has 1 aliphatic rings. The summed E-state index contributed by atoms with van der Waals surface area (Å²) in [6.45, 7) is 2.25. The third-order valence-electron chi connectivity index (χ3n) is 3.52. The van der Waals surface area contributed by atoms with E-state index in [0.29, 0.717) is 18.5 Å². The lowest BCUT2D eigenvalue weighted by Crippen LogP contribution is -2.29. The molecular weight excluding hydrogens is 278 g/mol. The number of amides is 1. The van der Waals surface area contributed by atoms with Crippen LogP contribution in [0.5, 0.6) is 0 Å². The lowest BCUT2D eigenvalue weighted by atomic mass is 10.1. The molecule has 20 heavy (non-hydrogen) atoms. The van der Waals surface area contributed by atoms with E-state index in [-0.39, 0.29) is 23.3 Å². The lowest BCUT2D eigenvalue weighted by molar-refractivity contribution is 0.0948. The molecule has 1 aromatic carbocycles. The predicted molar refractivity (Wildman–Crippen MR) is 78.1 cm³/mol. The molecule has 1 amide bonds. The van der Waals surface area contributed by atoms with E-state index < -0.39 is 9.84 Å². The van der Waals surface area contributed by atoms with Crippen molar-refractivity contribution in [3.8, 4) is 0 Å². The molecular formula is C13H19N3O3S. The number of carbonyl (C=O) groups excluding carboxylic acids is 1. The second kappa shape index (κ2) is 5.80. The van der Waals surface area contributed by atoms with Crippen molar-refractivity contribution < 1.29 is 13.2 Å². The van der Waals surface area contributed by atoms with Gasteiger partial charge in [-0.1, -0.05) is 0 Å². The average molecular weight is 297 g/mol. The van der Waals surface area contributed by atoms with Crippen LogP contribution in [0.4, 0.5) is 5.69 Å². The highest BCUT2D eigenvalue weighted by atomic mass is 32.2. The quantitative estimate of drug-likeness (QED) is 0.553. The van der Waals surface area contributed by atoms with Crippen LogP contribution in [0.1, 0.15) is 22.3 Å². The minimum absolute atomic E-state index is 0.0232. The van der Waals surface area contributed by atoms with Gasteiger partial charge >= 0.3 is 0 Å². The highest BCUT2D eigenvalue weighted by Gasteiger charge is 2.27. The standard InChI is InChI=1S/C13H19N3O3S/c1-9-6-11(2-3-12(9)16-14)13(17)15-7-10-4-5-20(18,19)8-10/h2-3,6,10,16H,4-5,7-8,14H2,1H3,(H,15,17). The highest BCUT2D eigenvalue weighted by molar-refractivity contribution is 7.91. The minimum atomic E-state index is -2.90. The molecule has 0 radical (unpaired) electrons. The largest absolute Gasteiger partial charge is 0.352 e. The maximum Gasteiger partial charge on any atom is 0.251 e. The molecule has 0 aliphatic carbocycles.